The molecule has 86 valence electrons. The summed E-state index contributed by atoms with van der Waals surface area (Å²) in [4.78, 5) is 10.6. The Morgan fingerprint density at radius 3 is 2.27 bits per heavy atom. The van der Waals surface area contributed by atoms with Crippen molar-refractivity contribution in [1.82, 2.24) is 0 Å². The molecule has 0 fully saturated rings. The van der Waals surface area contributed by atoms with Crippen LogP contribution in [-0.4, -0.2) is 25.1 Å². The number of ether oxygens (including phenoxy) is 1. The molecule has 1 aliphatic heterocycles. The number of hydrogen-bond acceptors (Lipinski definition) is 4. The van der Waals surface area contributed by atoms with Crippen molar-refractivity contribution in [2.45, 2.75) is 26.4 Å². The van der Waals surface area contributed by atoms with Gasteiger partial charge >= 0.3 is 5.97 Å². The quantitative estimate of drug-likeness (QED) is 0.751. The average molecular weight is 255 g/mol. The molecule has 0 saturated carbocycles. The first-order valence-corrected chi connectivity index (χ1v) is 6.45. The molecule has 15 heavy (non-hydrogen) atoms. The summed E-state index contributed by atoms with van der Waals surface area (Å²) in [6.07, 6.45) is 0. The predicted molar refractivity (Wildman–Crippen MR) is 53.8 cm³/mol. The Hall–Kier alpha value is -0.750. The number of carboxylic acids is 1. The maximum Gasteiger partial charge on any atom is 0.315 e. The van der Waals surface area contributed by atoms with Gasteiger partial charge in [-0.2, -0.15) is 0 Å². The van der Waals surface area contributed by atoms with E-state index in [1.807, 2.05) is 0 Å². The SMILES string of the molecule is CC1=C(S(=O)(=O)Cl)C(C(=O)O)C(C)(C)O1. The van der Waals surface area contributed by atoms with Crippen LogP contribution in [0, 0.1) is 5.92 Å². The first-order chi connectivity index (χ1) is 6.57. The molecule has 7 heteroatoms. The van der Waals surface area contributed by atoms with Gasteiger partial charge in [-0.3, -0.25) is 4.79 Å². The highest BCUT2D eigenvalue weighted by Gasteiger charge is 2.50. The van der Waals surface area contributed by atoms with Crippen LogP contribution >= 0.6 is 10.7 Å². The number of aliphatic carboxylic acids is 1. The lowest BCUT2D eigenvalue weighted by Gasteiger charge is -2.24. The van der Waals surface area contributed by atoms with Crippen molar-refractivity contribution < 1.29 is 23.1 Å². The largest absolute Gasteiger partial charge is 0.490 e. The number of carboxylic acid groups (broad SMARTS) is 1. The molecular formula is C8H11ClO5S. The fourth-order valence-electron chi connectivity index (χ4n) is 1.74. The van der Waals surface area contributed by atoms with Crippen molar-refractivity contribution in [3.05, 3.63) is 10.7 Å². The standard InChI is InChI=1S/C8H11ClO5S/c1-4-6(15(9,12)13)5(7(10)11)8(2,3)14-4/h5H,1-3H3,(H,10,11). The highest BCUT2D eigenvalue weighted by molar-refractivity contribution is 8.16. The van der Waals surface area contributed by atoms with Crippen molar-refractivity contribution in [2.24, 2.45) is 5.92 Å². The van der Waals surface area contributed by atoms with Gasteiger partial charge in [-0.25, -0.2) is 8.42 Å². The van der Waals surface area contributed by atoms with E-state index in [2.05, 4.69) is 0 Å². The van der Waals surface area contributed by atoms with Crippen LogP contribution in [0.25, 0.3) is 0 Å². The second kappa shape index (κ2) is 3.38. The molecule has 0 aromatic carbocycles. The van der Waals surface area contributed by atoms with E-state index in [1.54, 1.807) is 0 Å². The Kier molecular flexibility index (Phi) is 2.78. The van der Waals surface area contributed by atoms with Crippen molar-refractivity contribution in [1.29, 1.82) is 0 Å². The predicted octanol–water partition coefficient (Wildman–Crippen LogP) is 1.30. The number of carbonyl (C=O) groups is 1. The lowest BCUT2D eigenvalue weighted by molar-refractivity contribution is -0.145. The molecule has 1 rings (SSSR count). The Morgan fingerprint density at radius 2 is 2.00 bits per heavy atom. The first-order valence-electron chi connectivity index (χ1n) is 4.14. The normalized spacial score (nSPS) is 25.2. The zero-order valence-corrected chi connectivity index (χ0v) is 10.0. The number of rotatable bonds is 2. The third-order valence-electron chi connectivity index (χ3n) is 2.23. The molecule has 5 nitrogen and oxygen atoms in total. The molecule has 1 atom stereocenters. The number of halogens is 1. The van der Waals surface area contributed by atoms with Gasteiger partial charge in [-0.15, -0.1) is 0 Å². The first kappa shape index (κ1) is 12.3. The lowest BCUT2D eigenvalue weighted by atomic mass is 9.92. The van der Waals surface area contributed by atoms with Crippen LogP contribution in [0.4, 0.5) is 0 Å². The summed E-state index contributed by atoms with van der Waals surface area (Å²) in [5, 5.41) is 8.96. The van der Waals surface area contributed by atoms with E-state index in [0.29, 0.717) is 0 Å². The van der Waals surface area contributed by atoms with E-state index in [4.69, 9.17) is 20.5 Å². The third-order valence-corrected chi connectivity index (χ3v) is 3.78. The van der Waals surface area contributed by atoms with E-state index in [0.717, 1.165) is 0 Å². The second-order valence-corrected chi connectivity index (χ2v) is 6.37. The van der Waals surface area contributed by atoms with E-state index >= 15 is 0 Å². The highest BCUT2D eigenvalue weighted by atomic mass is 35.7. The Labute approximate surface area is 92.1 Å². The fraction of sp³-hybridized carbons (Fsp3) is 0.625. The molecule has 0 saturated heterocycles. The zero-order valence-electron chi connectivity index (χ0n) is 8.44. The molecule has 1 aliphatic rings. The van der Waals surface area contributed by atoms with E-state index < -0.39 is 26.5 Å². The van der Waals surface area contributed by atoms with Crippen LogP contribution < -0.4 is 0 Å². The number of hydrogen-bond donors (Lipinski definition) is 1. The van der Waals surface area contributed by atoms with Crippen molar-refractivity contribution in [3.8, 4) is 0 Å². The van der Waals surface area contributed by atoms with Crippen LogP contribution in [-0.2, 0) is 18.6 Å². The monoisotopic (exact) mass is 254 g/mol. The highest BCUT2D eigenvalue weighted by Crippen LogP contribution is 2.42. The molecule has 0 spiro atoms. The van der Waals surface area contributed by atoms with Gasteiger partial charge in [0.1, 0.15) is 22.2 Å². The minimum Gasteiger partial charge on any atom is -0.490 e. The Balaban J connectivity index is 3.37. The van der Waals surface area contributed by atoms with Crippen LogP contribution in [0.3, 0.4) is 0 Å². The average Bonchev–Trinajstić information content (AvgIpc) is 2.17. The Morgan fingerprint density at radius 1 is 1.53 bits per heavy atom. The minimum absolute atomic E-state index is 0.0439. The topological polar surface area (TPSA) is 80.7 Å². The van der Waals surface area contributed by atoms with Gasteiger partial charge in [0.15, 0.2) is 0 Å². The molecule has 1 N–H and O–H groups in total. The van der Waals surface area contributed by atoms with Crippen molar-refractivity contribution >= 4 is 25.7 Å². The van der Waals surface area contributed by atoms with E-state index in [1.165, 1.54) is 20.8 Å². The molecule has 0 radical (unpaired) electrons. The molecule has 0 aliphatic carbocycles. The molecule has 1 heterocycles. The smallest absolute Gasteiger partial charge is 0.315 e. The van der Waals surface area contributed by atoms with Crippen LogP contribution in [0.5, 0.6) is 0 Å². The minimum atomic E-state index is -4.07. The van der Waals surface area contributed by atoms with Gasteiger partial charge < -0.3 is 9.84 Å². The van der Waals surface area contributed by atoms with Crippen LogP contribution in [0.2, 0.25) is 0 Å². The lowest BCUT2D eigenvalue weighted by Crippen LogP contribution is -2.36. The van der Waals surface area contributed by atoms with E-state index in [-0.39, 0.29) is 10.7 Å². The van der Waals surface area contributed by atoms with Gasteiger partial charge in [0.25, 0.3) is 9.05 Å². The number of allylic oxidation sites excluding steroid dienone is 1. The maximum absolute atomic E-state index is 11.2. The van der Waals surface area contributed by atoms with E-state index in [9.17, 15) is 13.2 Å². The summed E-state index contributed by atoms with van der Waals surface area (Å²) in [5.41, 5.74) is -1.10. The van der Waals surface area contributed by atoms with Crippen molar-refractivity contribution in [2.75, 3.05) is 0 Å². The molecule has 1 unspecified atom stereocenters. The van der Waals surface area contributed by atoms with Gasteiger partial charge in [0.2, 0.25) is 0 Å². The summed E-state index contributed by atoms with van der Waals surface area (Å²) < 4.78 is 27.6. The molecule has 0 aromatic heterocycles. The Bertz CT molecular complexity index is 434. The molecule has 0 bridgehead atoms. The van der Waals surface area contributed by atoms with Gasteiger partial charge in [0.05, 0.1) is 0 Å². The summed E-state index contributed by atoms with van der Waals surface area (Å²) >= 11 is 0. The van der Waals surface area contributed by atoms with Crippen molar-refractivity contribution in [3.63, 3.8) is 0 Å². The zero-order chi connectivity index (χ0) is 12.0. The molecular weight excluding hydrogens is 244 g/mol. The molecule has 0 amide bonds. The summed E-state index contributed by atoms with van der Waals surface area (Å²) in [6.45, 7) is 4.40. The van der Waals surface area contributed by atoms with Crippen LogP contribution in [0.1, 0.15) is 20.8 Å². The maximum atomic E-state index is 11.2. The summed E-state index contributed by atoms with van der Waals surface area (Å²) in [6, 6.07) is 0. The van der Waals surface area contributed by atoms with Gasteiger partial charge in [0, 0.05) is 10.7 Å². The summed E-state index contributed by atoms with van der Waals surface area (Å²) in [7, 11) is 1.10. The fourth-order valence-corrected chi connectivity index (χ4v) is 3.39. The summed E-state index contributed by atoms with van der Waals surface area (Å²) in [5.74, 6) is -2.49. The van der Waals surface area contributed by atoms with Gasteiger partial charge in [-0.1, -0.05) is 0 Å². The second-order valence-electron chi connectivity index (χ2n) is 3.84. The van der Waals surface area contributed by atoms with Gasteiger partial charge in [-0.05, 0) is 20.8 Å². The molecule has 0 aromatic rings. The third kappa shape index (κ3) is 2.10. The van der Waals surface area contributed by atoms with Crippen LogP contribution in [0.15, 0.2) is 10.7 Å².